The van der Waals surface area contributed by atoms with Crippen molar-refractivity contribution in [1.82, 2.24) is 0 Å². The number of aliphatic hydroxyl groups is 5. The molecule has 1 aliphatic heterocycles. The minimum absolute atomic E-state index is 0.169. The minimum Gasteiger partial charge on any atom is -0.394 e. The number of hydrogen-bond acceptors (Lipinski definition) is 7. The van der Waals surface area contributed by atoms with Gasteiger partial charge in [0.05, 0.1) is 19.3 Å². The van der Waals surface area contributed by atoms with Crippen LogP contribution in [0.25, 0.3) is 0 Å². The van der Waals surface area contributed by atoms with E-state index in [-0.39, 0.29) is 6.61 Å². The molecule has 0 aliphatic carbocycles. The van der Waals surface area contributed by atoms with Crippen molar-refractivity contribution >= 4 is 0 Å². The van der Waals surface area contributed by atoms with Crippen molar-refractivity contribution in [3.05, 3.63) is 0 Å². The molecule has 1 aliphatic rings. The second-order valence-corrected chi connectivity index (χ2v) is 9.04. The molecule has 0 saturated carbocycles. The van der Waals surface area contributed by atoms with Crippen LogP contribution in [-0.2, 0) is 9.47 Å². The highest BCUT2D eigenvalue weighted by atomic mass is 16.7. The summed E-state index contributed by atoms with van der Waals surface area (Å²) in [5.41, 5.74) is 0. The molecule has 1 heterocycles. The Kier molecular flexibility index (Phi) is 16.9. The molecule has 31 heavy (non-hydrogen) atoms. The van der Waals surface area contributed by atoms with E-state index in [0.29, 0.717) is 6.42 Å². The van der Waals surface area contributed by atoms with Crippen LogP contribution < -0.4 is 0 Å². The number of ether oxygens (including phenoxy) is 2. The van der Waals surface area contributed by atoms with Gasteiger partial charge < -0.3 is 35.0 Å². The van der Waals surface area contributed by atoms with Crippen LogP contribution in [0.3, 0.4) is 0 Å². The summed E-state index contributed by atoms with van der Waals surface area (Å²) in [6.45, 7) is 1.94. The average molecular weight is 449 g/mol. The second-order valence-electron chi connectivity index (χ2n) is 9.04. The summed E-state index contributed by atoms with van der Waals surface area (Å²) in [6, 6.07) is 0. The first-order chi connectivity index (χ1) is 15.0. The lowest BCUT2D eigenvalue weighted by atomic mass is 9.99. The topological polar surface area (TPSA) is 120 Å². The molecule has 0 aromatic heterocycles. The van der Waals surface area contributed by atoms with Crippen LogP contribution in [0, 0.1) is 0 Å². The van der Waals surface area contributed by atoms with Crippen molar-refractivity contribution in [3.63, 3.8) is 0 Å². The first-order valence-electron chi connectivity index (χ1n) is 12.6. The van der Waals surface area contributed by atoms with Crippen LogP contribution in [-0.4, -0.2) is 75.6 Å². The van der Waals surface area contributed by atoms with Crippen molar-refractivity contribution in [3.8, 4) is 0 Å². The van der Waals surface area contributed by atoms with Crippen LogP contribution in [0.1, 0.15) is 103 Å². The molecule has 1 saturated heterocycles. The van der Waals surface area contributed by atoms with Gasteiger partial charge >= 0.3 is 0 Å². The van der Waals surface area contributed by atoms with Crippen LogP contribution in [0.4, 0.5) is 0 Å². The van der Waals surface area contributed by atoms with Gasteiger partial charge in [-0.15, -0.1) is 0 Å². The Morgan fingerprint density at radius 3 is 1.74 bits per heavy atom. The number of aliphatic hydroxyl groups excluding tert-OH is 5. The number of unbranched alkanes of at least 4 members (excludes halogenated alkanes) is 12. The van der Waals surface area contributed by atoms with Crippen LogP contribution in [0.2, 0.25) is 0 Å². The summed E-state index contributed by atoms with van der Waals surface area (Å²) >= 11 is 0. The molecule has 5 N–H and O–H groups in total. The molecule has 0 spiro atoms. The van der Waals surface area contributed by atoms with Gasteiger partial charge in [-0.3, -0.25) is 0 Å². The van der Waals surface area contributed by atoms with Crippen LogP contribution in [0.5, 0.6) is 0 Å². The Bertz CT molecular complexity index is 407. The molecule has 0 radical (unpaired) electrons. The van der Waals surface area contributed by atoms with Crippen molar-refractivity contribution in [1.29, 1.82) is 0 Å². The van der Waals surface area contributed by atoms with Gasteiger partial charge in [0.1, 0.15) is 24.4 Å². The Morgan fingerprint density at radius 2 is 1.23 bits per heavy atom. The molecule has 0 aromatic carbocycles. The van der Waals surface area contributed by atoms with E-state index in [4.69, 9.17) is 9.47 Å². The monoisotopic (exact) mass is 448 g/mol. The van der Waals surface area contributed by atoms with Crippen LogP contribution >= 0.6 is 0 Å². The molecular weight excluding hydrogens is 400 g/mol. The van der Waals surface area contributed by atoms with E-state index < -0.39 is 43.4 Å². The third-order valence-electron chi connectivity index (χ3n) is 6.22. The molecular formula is C24H48O7. The lowest BCUT2D eigenvalue weighted by Crippen LogP contribution is -2.59. The Labute approximate surface area is 188 Å². The van der Waals surface area contributed by atoms with Crippen molar-refractivity contribution in [2.24, 2.45) is 0 Å². The Balaban J connectivity index is 1.94. The van der Waals surface area contributed by atoms with Crippen LogP contribution in [0.15, 0.2) is 0 Å². The lowest BCUT2D eigenvalue weighted by Gasteiger charge is -2.39. The van der Waals surface area contributed by atoms with Gasteiger partial charge in [-0.1, -0.05) is 90.4 Å². The zero-order valence-corrected chi connectivity index (χ0v) is 19.5. The fourth-order valence-corrected chi connectivity index (χ4v) is 4.07. The molecule has 186 valence electrons. The highest BCUT2D eigenvalue weighted by Crippen LogP contribution is 2.22. The zero-order chi connectivity index (χ0) is 22.9. The summed E-state index contributed by atoms with van der Waals surface area (Å²) in [5.74, 6) is 0. The molecule has 6 unspecified atom stereocenters. The normalized spacial score (nSPS) is 27.5. The van der Waals surface area contributed by atoms with E-state index in [1.54, 1.807) is 0 Å². The maximum Gasteiger partial charge on any atom is 0.186 e. The van der Waals surface area contributed by atoms with E-state index in [0.717, 1.165) is 19.3 Å². The fourth-order valence-electron chi connectivity index (χ4n) is 4.07. The number of hydrogen-bond donors (Lipinski definition) is 5. The summed E-state index contributed by atoms with van der Waals surface area (Å²) in [4.78, 5) is 0. The summed E-state index contributed by atoms with van der Waals surface area (Å²) in [6.07, 6.45) is 11.2. The third-order valence-corrected chi connectivity index (χ3v) is 6.22. The molecule has 7 heteroatoms. The Hall–Kier alpha value is -0.280. The SMILES string of the molecule is CCCCCCCCCCCCCCCC(O)CCOC1OC(CO)C(O)C(O)C1O. The van der Waals surface area contributed by atoms with Gasteiger partial charge in [0.2, 0.25) is 0 Å². The first kappa shape index (κ1) is 28.8. The highest BCUT2D eigenvalue weighted by molar-refractivity contribution is 4.88. The highest BCUT2D eigenvalue weighted by Gasteiger charge is 2.43. The summed E-state index contributed by atoms with van der Waals surface area (Å²) in [7, 11) is 0. The molecule has 0 bridgehead atoms. The maximum atomic E-state index is 10.1. The molecule has 0 aromatic rings. The molecule has 0 amide bonds. The van der Waals surface area contributed by atoms with Crippen molar-refractivity contribution in [2.45, 2.75) is 140 Å². The van der Waals surface area contributed by atoms with E-state index in [2.05, 4.69) is 6.92 Å². The maximum absolute atomic E-state index is 10.1. The largest absolute Gasteiger partial charge is 0.394 e. The minimum atomic E-state index is -1.44. The quantitative estimate of drug-likeness (QED) is 0.193. The molecule has 7 nitrogen and oxygen atoms in total. The average Bonchev–Trinajstić information content (AvgIpc) is 2.77. The standard InChI is InChI=1S/C24H48O7/c1-2-3-4-5-6-7-8-9-10-11-12-13-14-15-19(26)16-17-30-24-23(29)22(28)21(27)20(18-25)31-24/h19-29H,2-18H2,1H3. The summed E-state index contributed by atoms with van der Waals surface area (Å²) in [5, 5.41) is 48.7. The fraction of sp³-hybridized carbons (Fsp3) is 1.00. The van der Waals surface area contributed by atoms with Crippen molar-refractivity contribution in [2.75, 3.05) is 13.2 Å². The lowest BCUT2D eigenvalue weighted by molar-refractivity contribution is -0.301. The smallest absolute Gasteiger partial charge is 0.186 e. The van der Waals surface area contributed by atoms with E-state index in [9.17, 15) is 25.5 Å². The molecule has 1 rings (SSSR count). The van der Waals surface area contributed by atoms with Gasteiger partial charge in [0.15, 0.2) is 6.29 Å². The van der Waals surface area contributed by atoms with Gasteiger partial charge in [-0.2, -0.15) is 0 Å². The van der Waals surface area contributed by atoms with Gasteiger partial charge in [0.25, 0.3) is 0 Å². The van der Waals surface area contributed by atoms with E-state index >= 15 is 0 Å². The second kappa shape index (κ2) is 18.2. The number of rotatable bonds is 19. The molecule has 6 atom stereocenters. The van der Waals surface area contributed by atoms with Gasteiger partial charge in [-0.05, 0) is 12.8 Å². The third kappa shape index (κ3) is 12.5. The van der Waals surface area contributed by atoms with Gasteiger partial charge in [0, 0.05) is 0 Å². The van der Waals surface area contributed by atoms with Crippen molar-refractivity contribution < 1.29 is 35.0 Å². The predicted molar refractivity (Wildman–Crippen MR) is 121 cm³/mol. The van der Waals surface area contributed by atoms with Gasteiger partial charge in [-0.25, -0.2) is 0 Å². The zero-order valence-electron chi connectivity index (χ0n) is 19.5. The predicted octanol–water partition coefficient (Wildman–Crippen LogP) is 3.04. The molecule has 1 fully saturated rings. The Morgan fingerprint density at radius 1 is 0.710 bits per heavy atom. The van der Waals surface area contributed by atoms with E-state index in [1.807, 2.05) is 0 Å². The first-order valence-corrected chi connectivity index (χ1v) is 12.6. The van der Waals surface area contributed by atoms with E-state index in [1.165, 1.54) is 70.6 Å². The summed E-state index contributed by atoms with van der Waals surface area (Å²) < 4.78 is 10.7.